The molecule has 2 heterocycles. The minimum atomic E-state index is 0.682. The van der Waals surface area contributed by atoms with E-state index in [0.29, 0.717) is 11.7 Å². The second-order valence-corrected chi connectivity index (χ2v) is 5.28. The van der Waals surface area contributed by atoms with Gasteiger partial charge in [0.25, 0.3) is 0 Å². The fraction of sp³-hybridized carbons (Fsp3) is 0.533. The molecule has 1 N–H and O–H groups in total. The first-order valence-electron chi connectivity index (χ1n) is 7.41. The molecule has 0 aromatic carbocycles. The van der Waals surface area contributed by atoms with Crippen LogP contribution in [0.1, 0.15) is 23.8 Å². The Morgan fingerprint density at radius 1 is 1.50 bits per heavy atom. The third kappa shape index (κ3) is 4.34. The Bertz CT molecular complexity index is 615. The molecule has 0 atom stereocenters. The molecule has 0 spiro atoms. The van der Waals surface area contributed by atoms with E-state index in [0.717, 1.165) is 31.9 Å². The van der Waals surface area contributed by atoms with Gasteiger partial charge in [0.1, 0.15) is 0 Å². The van der Waals surface area contributed by atoms with Gasteiger partial charge in [-0.2, -0.15) is 4.98 Å². The zero-order valence-electron chi connectivity index (χ0n) is 13.7. The van der Waals surface area contributed by atoms with Gasteiger partial charge >= 0.3 is 0 Å². The number of nitrogens with one attached hydrogen (secondary N) is 1. The van der Waals surface area contributed by atoms with E-state index in [1.165, 1.54) is 5.69 Å². The number of aryl methyl sites for hydroxylation is 3. The quantitative estimate of drug-likeness (QED) is 0.495. The molecule has 0 amide bonds. The zero-order chi connectivity index (χ0) is 15.9. The topological polar surface area (TPSA) is 71.5 Å². The lowest BCUT2D eigenvalue weighted by Crippen LogP contribution is -2.39. The van der Waals surface area contributed by atoms with E-state index >= 15 is 0 Å². The van der Waals surface area contributed by atoms with Gasteiger partial charge in [0, 0.05) is 46.0 Å². The molecule has 120 valence electrons. The van der Waals surface area contributed by atoms with Gasteiger partial charge in [0.2, 0.25) is 5.89 Å². The lowest BCUT2D eigenvalue weighted by molar-refractivity contribution is 0.371. The van der Waals surface area contributed by atoms with E-state index in [1.54, 1.807) is 7.05 Å². The normalized spacial score (nSPS) is 11.7. The second-order valence-electron chi connectivity index (χ2n) is 5.28. The molecule has 0 aliphatic carbocycles. The highest BCUT2D eigenvalue weighted by molar-refractivity contribution is 5.79. The summed E-state index contributed by atoms with van der Waals surface area (Å²) in [7, 11) is 5.88. The Morgan fingerprint density at radius 2 is 2.32 bits per heavy atom. The average molecular weight is 304 g/mol. The summed E-state index contributed by atoms with van der Waals surface area (Å²) < 4.78 is 7.21. The first-order valence-corrected chi connectivity index (χ1v) is 7.41. The lowest BCUT2D eigenvalue weighted by Gasteiger charge is -2.22. The summed E-state index contributed by atoms with van der Waals surface area (Å²) in [4.78, 5) is 10.6. The van der Waals surface area contributed by atoms with E-state index in [9.17, 15) is 0 Å². The summed E-state index contributed by atoms with van der Waals surface area (Å²) in [5.41, 5.74) is 1.24. The van der Waals surface area contributed by atoms with E-state index < -0.39 is 0 Å². The average Bonchev–Trinajstić information content (AvgIpc) is 3.08. The predicted octanol–water partition coefficient (Wildman–Crippen LogP) is 1.36. The summed E-state index contributed by atoms with van der Waals surface area (Å²) >= 11 is 0. The monoisotopic (exact) mass is 304 g/mol. The van der Waals surface area contributed by atoms with Gasteiger partial charge in [-0.25, -0.2) is 0 Å². The van der Waals surface area contributed by atoms with Gasteiger partial charge in [-0.15, -0.1) is 0 Å². The number of aromatic nitrogens is 3. The van der Waals surface area contributed by atoms with Crippen molar-refractivity contribution < 1.29 is 4.52 Å². The van der Waals surface area contributed by atoms with Crippen molar-refractivity contribution in [1.82, 2.24) is 24.9 Å². The number of rotatable bonds is 6. The van der Waals surface area contributed by atoms with Crippen molar-refractivity contribution in [2.45, 2.75) is 26.3 Å². The molecule has 2 aromatic rings. The van der Waals surface area contributed by atoms with Gasteiger partial charge in [0.05, 0.1) is 6.54 Å². The van der Waals surface area contributed by atoms with Crippen LogP contribution >= 0.6 is 0 Å². The SMILES string of the molecule is CN=C(NCCCc1nc(C)no1)N(C)Cc1cccn1C. The maximum Gasteiger partial charge on any atom is 0.226 e. The highest BCUT2D eigenvalue weighted by Gasteiger charge is 2.08. The van der Waals surface area contributed by atoms with Crippen LogP contribution in [0.4, 0.5) is 0 Å². The first kappa shape index (κ1) is 16.1. The van der Waals surface area contributed by atoms with E-state index in [4.69, 9.17) is 4.52 Å². The van der Waals surface area contributed by atoms with Crippen LogP contribution in [-0.2, 0) is 20.0 Å². The van der Waals surface area contributed by atoms with Crippen molar-refractivity contribution in [2.24, 2.45) is 12.0 Å². The summed E-state index contributed by atoms with van der Waals surface area (Å²) in [6.07, 6.45) is 3.73. The van der Waals surface area contributed by atoms with Gasteiger partial charge < -0.3 is 19.3 Å². The third-order valence-corrected chi connectivity index (χ3v) is 3.44. The predicted molar refractivity (Wildman–Crippen MR) is 85.6 cm³/mol. The number of guanidine groups is 1. The smallest absolute Gasteiger partial charge is 0.226 e. The van der Waals surface area contributed by atoms with Gasteiger partial charge in [-0.1, -0.05) is 5.16 Å². The fourth-order valence-corrected chi connectivity index (χ4v) is 2.24. The Kier molecular flexibility index (Phi) is 5.57. The van der Waals surface area contributed by atoms with Gasteiger partial charge in [0.15, 0.2) is 11.8 Å². The summed E-state index contributed by atoms with van der Waals surface area (Å²) in [5.74, 6) is 2.25. The molecule has 0 bridgehead atoms. The molecular formula is C15H24N6O. The van der Waals surface area contributed by atoms with Crippen LogP contribution in [0.2, 0.25) is 0 Å². The summed E-state index contributed by atoms with van der Waals surface area (Å²) in [6.45, 7) is 3.45. The van der Waals surface area contributed by atoms with Crippen LogP contribution in [0, 0.1) is 6.92 Å². The molecule has 7 heteroatoms. The van der Waals surface area contributed by atoms with E-state index in [2.05, 4.69) is 36.0 Å². The van der Waals surface area contributed by atoms with Crippen molar-refractivity contribution in [3.8, 4) is 0 Å². The Labute approximate surface area is 131 Å². The molecular weight excluding hydrogens is 280 g/mol. The standard InChI is InChI=1S/C15H24N6O/c1-12-18-14(22-19-12)8-5-9-17-15(16-2)21(4)11-13-7-6-10-20(13)3/h6-7,10H,5,8-9,11H2,1-4H3,(H,16,17). The third-order valence-electron chi connectivity index (χ3n) is 3.44. The van der Waals surface area contributed by atoms with E-state index in [-0.39, 0.29) is 0 Å². The van der Waals surface area contributed by atoms with Crippen molar-refractivity contribution in [2.75, 3.05) is 20.6 Å². The first-order chi connectivity index (χ1) is 10.6. The summed E-state index contributed by atoms with van der Waals surface area (Å²) in [5, 5.41) is 7.14. The van der Waals surface area contributed by atoms with Crippen LogP contribution in [0.15, 0.2) is 27.8 Å². The van der Waals surface area contributed by atoms with Crippen LogP contribution in [0.5, 0.6) is 0 Å². The summed E-state index contributed by atoms with van der Waals surface area (Å²) in [6, 6.07) is 4.16. The largest absolute Gasteiger partial charge is 0.356 e. The molecule has 0 saturated carbocycles. The molecule has 0 aliphatic rings. The lowest BCUT2D eigenvalue weighted by atomic mass is 10.3. The van der Waals surface area contributed by atoms with Crippen LogP contribution < -0.4 is 5.32 Å². The number of hydrogen-bond acceptors (Lipinski definition) is 4. The van der Waals surface area contributed by atoms with Gasteiger partial charge in [-0.3, -0.25) is 4.99 Å². The molecule has 2 rings (SSSR count). The zero-order valence-corrected chi connectivity index (χ0v) is 13.7. The molecule has 22 heavy (non-hydrogen) atoms. The van der Waals surface area contributed by atoms with Crippen LogP contribution in [0.3, 0.4) is 0 Å². The fourth-order valence-electron chi connectivity index (χ4n) is 2.24. The number of nitrogens with zero attached hydrogens (tertiary/aromatic N) is 5. The molecule has 0 radical (unpaired) electrons. The molecule has 7 nitrogen and oxygen atoms in total. The molecule has 0 unspecified atom stereocenters. The van der Waals surface area contributed by atoms with Crippen molar-refractivity contribution in [3.63, 3.8) is 0 Å². The maximum absolute atomic E-state index is 5.10. The Morgan fingerprint density at radius 3 is 2.91 bits per heavy atom. The highest BCUT2D eigenvalue weighted by atomic mass is 16.5. The highest BCUT2D eigenvalue weighted by Crippen LogP contribution is 2.04. The molecule has 0 aliphatic heterocycles. The minimum absolute atomic E-state index is 0.682. The second kappa shape index (κ2) is 7.63. The van der Waals surface area contributed by atoms with Gasteiger partial charge in [-0.05, 0) is 25.5 Å². The van der Waals surface area contributed by atoms with Crippen molar-refractivity contribution in [1.29, 1.82) is 0 Å². The number of hydrogen-bond donors (Lipinski definition) is 1. The minimum Gasteiger partial charge on any atom is -0.356 e. The number of aliphatic imine (C=N–C) groups is 1. The molecule has 2 aromatic heterocycles. The molecule has 0 saturated heterocycles. The Hall–Kier alpha value is -2.31. The van der Waals surface area contributed by atoms with Crippen LogP contribution in [-0.4, -0.2) is 46.2 Å². The Balaban J connectivity index is 1.76. The van der Waals surface area contributed by atoms with Crippen molar-refractivity contribution in [3.05, 3.63) is 35.7 Å². The van der Waals surface area contributed by atoms with Crippen LogP contribution in [0.25, 0.3) is 0 Å². The maximum atomic E-state index is 5.10. The van der Waals surface area contributed by atoms with E-state index in [1.807, 2.05) is 33.3 Å². The van der Waals surface area contributed by atoms with Crippen molar-refractivity contribution >= 4 is 5.96 Å². The molecule has 0 fully saturated rings.